The fraction of sp³-hybridized carbons (Fsp3) is 0.500. The molecule has 1 aliphatic heterocycles. The third-order valence-corrected chi connectivity index (χ3v) is 3.43. The predicted molar refractivity (Wildman–Crippen MR) is 53.4 cm³/mol. The third-order valence-electron chi connectivity index (χ3n) is 2.52. The van der Waals surface area contributed by atoms with Crippen LogP contribution in [0.15, 0.2) is 17.5 Å². The quantitative estimate of drug-likeness (QED) is 0.703. The number of thiophene rings is 1. The van der Waals surface area contributed by atoms with Crippen LogP contribution in [0, 0.1) is 0 Å². The molecule has 2 rings (SSSR count). The lowest BCUT2D eigenvalue weighted by atomic mass is 10.3. The summed E-state index contributed by atoms with van der Waals surface area (Å²) >= 11 is 1.55. The highest BCUT2D eigenvalue weighted by atomic mass is 32.1. The van der Waals surface area contributed by atoms with Crippen LogP contribution in [0.3, 0.4) is 0 Å². The van der Waals surface area contributed by atoms with Gasteiger partial charge in [-0.2, -0.15) is 0 Å². The lowest BCUT2D eigenvalue weighted by molar-refractivity contribution is -0.878. The zero-order valence-electron chi connectivity index (χ0n) is 7.58. The SMILES string of the molecule is O=C(C[NH+]1CCCC1)c1cccs1. The molecule has 0 saturated carbocycles. The molecule has 0 bridgehead atoms. The van der Waals surface area contributed by atoms with E-state index in [1.807, 2.05) is 17.5 Å². The molecular weight excluding hydrogens is 182 g/mol. The molecule has 0 amide bonds. The average molecular weight is 196 g/mol. The summed E-state index contributed by atoms with van der Waals surface area (Å²) in [4.78, 5) is 14.0. The van der Waals surface area contributed by atoms with Crippen molar-refractivity contribution < 1.29 is 9.69 Å². The normalized spacial score (nSPS) is 17.8. The van der Waals surface area contributed by atoms with Crippen LogP contribution in [0.4, 0.5) is 0 Å². The van der Waals surface area contributed by atoms with Gasteiger partial charge in [-0.25, -0.2) is 0 Å². The lowest BCUT2D eigenvalue weighted by Gasteiger charge is -2.09. The van der Waals surface area contributed by atoms with E-state index in [-0.39, 0.29) is 0 Å². The molecule has 70 valence electrons. The van der Waals surface area contributed by atoms with Crippen LogP contribution in [0.25, 0.3) is 0 Å². The van der Waals surface area contributed by atoms with Gasteiger partial charge in [0.2, 0.25) is 5.78 Å². The summed E-state index contributed by atoms with van der Waals surface area (Å²) < 4.78 is 0. The molecule has 1 aromatic rings. The Balaban J connectivity index is 1.91. The van der Waals surface area contributed by atoms with Crippen LogP contribution in [-0.2, 0) is 0 Å². The second-order valence-corrected chi connectivity index (χ2v) is 4.48. The number of quaternary nitrogens is 1. The van der Waals surface area contributed by atoms with Gasteiger partial charge in [-0.1, -0.05) is 6.07 Å². The van der Waals surface area contributed by atoms with E-state index in [0.717, 1.165) is 4.88 Å². The highest BCUT2D eigenvalue weighted by Crippen LogP contribution is 2.08. The first kappa shape index (κ1) is 8.91. The number of ketones is 1. The van der Waals surface area contributed by atoms with E-state index >= 15 is 0 Å². The maximum atomic E-state index is 11.7. The first-order valence-corrected chi connectivity index (χ1v) is 5.64. The number of hydrogen-bond acceptors (Lipinski definition) is 2. The molecule has 0 atom stereocenters. The van der Waals surface area contributed by atoms with Gasteiger partial charge < -0.3 is 4.90 Å². The third kappa shape index (κ3) is 2.17. The van der Waals surface area contributed by atoms with E-state index < -0.39 is 0 Å². The van der Waals surface area contributed by atoms with Gasteiger partial charge in [0.25, 0.3) is 0 Å². The molecular formula is C10H14NOS+. The topological polar surface area (TPSA) is 21.5 Å². The van der Waals surface area contributed by atoms with Crippen LogP contribution in [0.5, 0.6) is 0 Å². The van der Waals surface area contributed by atoms with Crippen molar-refractivity contribution in [2.24, 2.45) is 0 Å². The molecule has 0 radical (unpaired) electrons. The lowest BCUT2D eigenvalue weighted by Crippen LogP contribution is -3.10. The fourth-order valence-corrected chi connectivity index (χ4v) is 2.47. The summed E-state index contributed by atoms with van der Waals surface area (Å²) in [6, 6.07) is 3.86. The molecule has 0 unspecified atom stereocenters. The standard InChI is InChI=1S/C10H13NOS/c12-9(10-4-3-7-13-10)8-11-5-1-2-6-11/h3-4,7H,1-2,5-6,8H2/p+1. The van der Waals surface area contributed by atoms with Gasteiger partial charge in [0.15, 0.2) is 0 Å². The van der Waals surface area contributed by atoms with E-state index in [1.54, 1.807) is 11.3 Å². The molecule has 0 aliphatic carbocycles. The Bertz CT molecular complexity index is 275. The second kappa shape index (κ2) is 4.03. The van der Waals surface area contributed by atoms with E-state index in [0.29, 0.717) is 12.3 Å². The predicted octanol–water partition coefficient (Wildman–Crippen LogP) is 0.609. The number of Topliss-reactive ketones (excluding diaryl/α,β-unsaturated/α-hetero) is 1. The smallest absolute Gasteiger partial charge is 0.226 e. The van der Waals surface area contributed by atoms with Crippen molar-refractivity contribution in [3.05, 3.63) is 22.4 Å². The maximum Gasteiger partial charge on any atom is 0.226 e. The highest BCUT2D eigenvalue weighted by molar-refractivity contribution is 7.12. The molecule has 1 fully saturated rings. The van der Waals surface area contributed by atoms with Crippen molar-refractivity contribution >= 4 is 17.1 Å². The zero-order chi connectivity index (χ0) is 9.10. The number of likely N-dealkylation sites (tertiary alicyclic amines) is 1. The highest BCUT2D eigenvalue weighted by Gasteiger charge is 2.19. The van der Waals surface area contributed by atoms with Gasteiger partial charge in [0.1, 0.15) is 6.54 Å². The van der Waals surface area contributed by atoms with Gasteiger partial charge in [0.05, 0.1) is 18.0 Å². The Labute approximate surface area is 82.2 Å². The summed E-state index contributed by atoms with van der Waals surface area (Å²) in [5, 5.41) is 1.96. The van der Waals surface area contributed by atoms with Gasteiger partial charge >= 0.3 is 0 Å². The Hall–Kier alpha value is -0.670. The van der Waals surface area contributed by atoms with Crippen molar-refractivity contribution in [3.8, 4) is 0 Å². The molecule has 1 aliphatic rings. The molecule has 1 saturated heterocycles. The van der Waals surface area contributed by atoms with E-state index in [1.165, 1.54) is 30.8 Å². The summed E-state index contributed by atoms with van der Waals surface area (Å²) in [6.07, 6.45) is 2.57. The van der Waals surface area contributed by atoms with Crippen molar-refractivity contribution in [3.63, 3.8) is 0 Å². The van der Waals surface area contributed by atoms with Crippen LogP contribution in [0.2, 0.25) is 0 Å². The Morgan fingerprint density at radius 1 is 1.46 bits per heavy atom. The van der Waals surface area contributed by atoms with Crippen molar-refractivity contribution in [2.75, 3.05) is 19.6 Å². The largest absolute Gasteiger partial charge is 0.328 e. The van der Waals surface area contributed by atoms with E-state index in [9.17, 15) is 4.79 Å². The number of nitrogens with one attached hydrogen (secondary N) is 1. The van der Waals surface area contributed by atoms with Gasteiger partial charge in [-0.3, -0.25) is 4.79 Å². The van der Waals surface area contributed by atoms with Crippen molar-refractivity contribution in [2.45, 2.75) is 12.8 Å². The Kier molecular flexibility index (Phi) is 2.76. The minimum atomic E-state index is 0.312. The maximum absolute atomic E-state index is 11.7. The minimum Gasteiger partial charge on any atom is -0.328 e. The number of carbonyl (C=O) groups is 1. The van der Waals surface area contributed by atoms with Gasteiger partial charge in [-0.05, 0) is 11.4 Å². The molecule has 3 heteroatoms. The number of hydrogen-bond donors (Lipinski definition) is 1. The summed E-state index contributed by atoms with van der Waals surface area (Å²) in [5.74, 6) is 0.312. The number of carbonyl (C=O) groups excluding carboxylic acids is 1. The average Bonchev–Trinajstić information content (AvgIpc) is 2.74. The molecule has 1 N–H and O–H groups in total. The van der Waals surface area contributed by atoms with Crippen molar-refractivity contribution in [1.82, 2.24) is 0 Å². The first-order chi connectivity index (χ1) is 6.36. The first-order valence-electron chi connectivity index (χ1n) is 4.76. The Morgan fingerprint density at radius 2 is 2.23 bits per heavy atom. The molecule has 2 nitrogen and oxygen atoms in total. The number of rotatable bonds is 3. The summed E-state index contributed by atoms with van der Waals surface area (Å²) in [6.45, 7) is 3.05. The minimum absolute atomic E-state index is 0.312. The molecule has 13 heavy (non-hydrogen) atoms. The van der Waals surface area contributed by atoms with Crippen LogP contribution < -0.4 is 4.90 Å². The summed E-state index contributed by atoms with van der Waals surface area (Å²) in [7, 11) is 0. The zero-order valence-corrected chi connectivity index (χ0v) is 8.40. The van der Waals surface area contributed by atoms with E-state index in [2.05, 4.69) is 0 Å². The molecule has 0 aromatic carbocycles. The van der Waals surface area contributed by atoms with Crippen molar-refractivity contribution in [1.29, 1.82) is 0 Å². The molecule has 1 aromatic heterocycles. The summed E-state index contributed by atoms with van der Waals surface area (Å²) in [5.41, 5.74) is 0. The van der Waals surface area contributed by atoms with Crippen LogP contribution in [0.1, 0.15) is 22.5 Å². The van der Waals surface area contributed by atoms with Gasteiger partial charge in [0, 0.05) is 12.8 Å². The molecule has 0 spiro atoms. The van der Waals surface area contributed by atoms with Crippen LogP contribution in [-0.4, -0.2) is 25.4 Å². The second-order valence-electron chi connectivity index (χ2n) is 3.53. The van der Waals surface area contributed by atoms with Crippen LogP contribution >= 0.6 is 11.3 Å². The monoisotopic (exact) mass is 196 g/mol. The molecule has 2 heterocycles. The van der Waals surface area contributed by atoms with Gasteiger partial charge in [-0.15, -0.1) is 11.3 Å². The van der Waals surface area contributed by atoms with E-state index in [4.69, 9.17) is 0 Å². The Morgan fingerprint density at radius 3 is 2.85 bits per heavy atom. The fourth-order valence-electron chi connectivity index (χ4n) is 1.80.